The number of nitrogens with one attached hydrogen (secondary N) is 1. The van der Waals surface area contributed by atoms with Crippen LogP contribution in [0.4, 0.5) is 0 Å². The van der Waals surface area contributed by atoms with Crippen molar-refractivity contribution in [2.45, 2.75) is 19.6 Å². The minimum absolute atomic E-state index is 0.139. The molecule has 0 radical (unpaired) electrons. The lowest BCUT2D eigenvalue weighted by Crippen LogP contribution is -2.29. The van der Waals surface area contributed by atoms with Crippen LogP contribution >= 0.6 is 0 Å². The molecular weight excluding hydrogens is 346 g/mol. The first-order chi connectivity index (χ1) is 13.0. The van der Waals surface area contributed by atoms with Crippen LogP contribution in [0.15, 0.2) is 60.7 Å². The average molecular weight is 369 g/mol. The summed E-state index contributed by atoms with van der Waals surface area (Å²) < 4.78 is 10.7. The van der Waals surface area contributed by atoms with E-state index in [9.17, 15) is 9.59 Å². The molecule has 6 heteroatoms. The molecule has 0 aliphatic heterocycles. The number of carbonyl (C=O) groups excluding carboxylic acids is 1. The normalized spacial score (nSPS) is 11.9. The van der Waals surface area contributed by atoms with Crippen molar-refractivity contribution in [1.29, 1.82) is 0 Å². The second kappa shape index (κ2) is 10.8. The monoisotopic (exact) mass is 369 g/mol. The molecule has 0 heterocycles. The van der Waals surface area contributed by atoms with E-state index in [-0.39, 0.29) is 19.1 Å². The van der Waals surface area contributed by atoms with Crippen LogP contribution in [0.5, 0.6) is 5.75 Å². The summed E-state index contributed by atoms with van der Waals surface area (Å²) in [7, 11) is 0. The highest BCUT2D eigenvalue weighted by Gasteiger charge is 2.09. The number of amides is 1. The fraction of sp³-hybridized carbons (Fsp3) is 0.238. The van der Waals surface area contributed by atoms with Crippen molar-refractivity contribution in [3.8, 4) is 5.75 Å². The lowest BCUT2D eigenvalue weighted by molar-refractivity contribution is -0.148. The molecule has 0 fully saturated rings. The maximum atomic E-state index is 11.7. The average Bonchev–Trinajstić information content (AvgIpc) is 2.69. The van der Waals surface area contributed by atoms with E-state index in [0.717, 1.165) is 16.9 Å². The first kappa shape index (κ1) is 20.2. The molecule has 2 aromatic rings. The molecule has 27 heavy (non-hydrogen) atoms. The summed E-state index contributed by atoms with van der Waals surface area (Å²) in [5.41, 5.74) is 1.97. The number of carboxylic acids is 1. The Hall–Kier alpha value is -3.12. The van der Waals surface area contributed by atoms with Crippen molar-refractivity contribution >= 4 is 18.0 Å². The van der Waals surface area contributed by atoms with Crippen LogP contribution in [0.1, 0.15) is 18.1 Å². The Morgan fingerprint density at radius 2 is 1.81 bits per heavy atom. The maximum Gasteiger partial charge on any atom is 0.332 e. The third-order valence-electron chi connectivity index (χ3n) is 3.67. The van der Waals surface area contributed by atoms with Gasteiger partial charge in [-0.05, 0) is 36.3 Å². The largest absolute Gasteiger partial charge is 0.489 e. The van der Waals surface area contributed by atoms with Gasteiger partial charge in [0.25, 0.3) is 0 Å². The van der Waals surface area contributed by atoms with Gasteiger partial charge in [0.2, 0.25) is 5.91 Å². The van der Waals surface area contributed by atoms with Crippen LogP contribution < -0.4 is 10.1 Å². The number of carbonyl (C=O) groups is 2. The van der Waals surface area contributed by atoms with Gasteiger partial charge in [-0.1, -0.05) is 42.5 Å². The summed E-state index contributed by atoms with van der Waals surface area (Å²) in [6, 6.07) is 17.3. The summed E-state index contributed by atoms with van der Waals surface area (Å²) in [6.07, 6.45) is 2.22. The van der Waals surface area contributed by atoms with E-state index in [4.69, 9.17) is 14.6 Å². The Labute approximate surface area is 158 Å². The zero-order valence-corrected chi connectivity index (χ0v) is 15.1. The van der Waals surface area contributed by atoms with Gasteiger partial charge in [-0.15, -0.1) is 0 Å². The van der Waals surface area contributed by atoms with E-state index in [2.05, 4.69) is 5.32 Å². The molecule has 2 aromatic carbocycles. The van der Waals surface area contributed by atoms with E-state index in [1.54, 1.807) is 6.08 Å². The molecule has 0 spiro atoms. The van der Waals surface area contributed by atoms with Crippen LogP contribution in [0, 0.1) is 0 Å². The first-order valence-electron chi connectivity index (χ1n) is 8.61. The van der Waals surface area contributed by atoms with Gasteiger partial charge in [0.1, 0.15) is 12.4 Å². The van der Waals surface area contributed by atoms with Crippen molar-refractivity contribution < 1.29 is 24.2 Å². The van der Waals surface area contributed by atoms with Crippen molar-refractivity contribution in [1.82, 2.24) is 5.32 Å². The lowest BCUT2D eigenvalue weighted by Gasteiger charge is -2.08. The van der Waals surface area contributed by atoms with E-state index in [0.29, 0.717) is 6.61 Å². The number of hydrogen-bond acceptors (Lipinski definition) is 4. The summed E-state index contributed by atoms with van der Waals surface area (Å²) in [4.78, 5) is 22.3. The zero-order chi connectivity index (χ0) is 19.5. The molecule has 0 aliphatic carbocycles. The lowest BCUT2D eigenvalue weighted by atomic mass is 10.2. The fourth-order valence-electron chi connectivity index (χ4n) is 2.13. The molecule has 0 saturated carbocycles. The highest BCUT2D eigenvalue weighted by atomic mass is 16.5. The van der Waals surface area contributed by atoms with Gasteiger partial charge in [-0.3, -0.25) is 4.79 Å². The predicted molar refractivity (Wildman–Crippen MR) is 102 cm³/mol. The third kappa shape index (κ3) is 7.75. The topological polar surface area (TPSA) is 84.9 Å². The Kier molecular flexibility index (Phi) is 8.06. The molecule has 1 amide bonds. The molecule has 2 N–H and O–H groups in total. The number of rotatable bonds is 10. The van der Waals surface area contributed by atoms with Gasteiger partial charge in [0.15, 0.2) is 6.10 Å². The number of ether oxygens (including phenoxy) is 2. The van der Waals surface area contributed by atoms with Crippen LogP contribution in [0.3, 0.4) is 0 Å². The molecule has 142 valence electrons. The van der Waals surface area contributed by atoms with Crippen LogP contribution in [0.2, 0.25) is 0 Å². The SMILES string of the molecule is CC(OCCNC(=O)/C=C/c1ccc(OCc2ccccc2)cc1)C(=O)O. The number of hydrogen-bond donors (Lipinski definition) is 2. The fourth-order valence-corrected chi connectivity index (χ4v) is 2.13. The van der Waals surface area contributed by atoms with E-state index in [1.165, 1.54) is 13.0 Å². The van der Waals surface area contributed by atoms with Crippen LogP contribution in [-0.2, 0) is 20.9 Å². The van der Waals surface area contributed by atoms with E-state index < -0.39 is 12.1 Å². The first-order valence-corrected chi connectivity index (χ1v) is 8.61. The second-order valence-electron chi connectivity index (χ2n) is 5.82. The smallest absolute Gasteiger partial charge is 0.332 e. The standard InChI is InChI=1S/C21H23NO5/c1-16(21(24)25)26-14-13-22-20(23)12-9-17-7-10-19(11-8-17)27-15-18-5-3-2-4-6-18/h2-12,16H,13-15H2,1H3,(H,22,23)(H,24,25)/b12-9+. The summed E-state index contributed by atoms with van der Waals surface area (Å²) >= 11 is 0. The number of carboxylic acid groups (broad SMARTS) is 1. The quantitative estimate of drug-likeness (QED) is 0.497. The highest BCUT2D eigenvalue weighted by molar-refractivity contribution is 5.91. The van der Waals surface area contributed by atoms with Crippen molar-refractivity contribution in [2.24, 2.45) is 0 Å². The van der Waals surface area contributed by atoms with Gasteiger partial charge < -0.3 is 19.9 Å². The van der Waals surface area contributed by atoms with E-state index >= 15 is 0 Å². The molecule has 1 unspecified atom stereocenters. The van der Waals surface area contributed by atoms with Crippen molar-refractivity contribution in [3.05, 3.63) is 71.8 Å². The Bertz CT molecular complexity index is 756. The second-order valence-corrected chi connectivity index (χ2v) is 5.82. The minimum Gasteiger partial charge on any atom is -0.489 e. The zero-order valence-electron chi connectivity index (χ0n) is 15.1. The molecule has 0 aliphatic rings. The maximum absolute atomic E-state index is 11.7. The third-order valence-corrected chi connectivity index (χ3v) is 3.67. The molecule has 6 nitrogen and oxygen atoms in total. The van der Waals surface area contributed by atoms with Gasteiger partial charge >= 0.3 is 5.97 Å². The van der Waals surface area contributed by atoms with E-state index in [1.807, 2.05) is 54.6 Å². The highest BCUT2D eigenvalue weighted by Crippen LogP contribution is 2.15. The van der Waals surface area contributed by atoms with Crippen molar-refractivity contribution in [2.75, 3.05) is 13.2 Å². The number of benzene rings is 2. The molecule has 0 bridgehead atoms. The van der Waals surface area contributed by atoms with Gasteiger partial charge in [-0.25, -0.2) is 4.79 Å². The Morgan fingerprint density at radius 3 is 2.48 bits per heavy atom. The predicted octanol–water partition coefficient (Wildman–Crippen LogP) is 2.88. The molecule has 1 atom stereocenters. The summed E-state index contributed by atoms with van der Waals surface area (Å²) in [6.45, 7) is 2.33. The summed E-state index contributed by atoms with van der Waals surface area (Å²) in [5, 5.41) is 11.3. The van der Waals surface area contributed by atoms with Crippen LogP contribution in [-0.4, -0.2) is 36.2 Å². The van der Waals surface area contributed by atoms with Gasteiger partial charge in [0.05, 0.1) is 6.61 Å². The molecule has 0 aromatic heterocycles. The summed E-state index contributed by atoms with van der Waals surface area (Å²) in [5.74, 6) is -0.548. The molecule has 2 rings (SSSR count). The Balaban J connectivity index is 1.71. The van der Waals surface area contributed by atoms with Gasteiger partial charge in [-0.2, -0.15) is 0 Å². The molecule has 0 saturated heterocycles. The molecular formula is C21H23NO5. The van der Waals surface area contributed by atoms with Crippen molar-refractivity contribution in [3.63, 3.8) is 0 Å². The Morgan fingerprint density at radius 1 is 1.11 bits per heavy atom. The van der Waals surface area contributed by atoms with Gasteiger partial charge in [0, 0.05) is 12.6 Å². The van der Waals surface area contributed by atoms with Crippen LogP contribution in [0.25, 0.3) is 6.08 Å². The minimum atomic E-state index is -1.03. The number of aliphatic carboxylic acids is 1.